The Balaban J connectivity index is 2.47. The molecule has 0 aromatic heterocycles. The van der Waals surface area contributed by atoms with Crippen molar-refractivity contribution in [2.75, 3.05) is 24.6 Å². The Morgan fingerprint density at radius 2 is 1.94 bits per heavy atom. The van der Waals surface area contributed by atoms with Crippen LogP contribution in [-0.2, 0) is 5.41 Å². The third-order valence-electron chi connectivity index (χ3n) is 3.51. The van der Waals surface area contributed by atoms with Crippen LogP contribution < -0.4 is 4.90 Å². The number of aliphatic hydroxyl groups excluding tert-OH is 1. The fourth-order valence-electron chi connectivity index (χ4n) is 2.48. The molecule has 3 heteroatoms. The largest absolute Gasteiger partial charge is 0.395 e. The number of rotatable bonds is 3. The summed E-state index contributed by atoms with van der Waals surface area (Å²) in [7, 11) is 0. The van der Waals surface area contributed by atoms with Crippen molar-refractivity contribution in [3.63, 3.8) is 0 Å². The molecule has 0 radical (unpaired) electrons. The van der Waals surface area contributed by atoms with Crippen molar-refractivity contribution in [2.24, 2.45) is 0 Å². The van der Waals surface area contributed by atoms with Gasteiger partial charge in [0.25, 0.3) is 0 Å². The zero-order valence-corrected chi connectivity index (χ0v) is 11.3. The van der Waals surface area contributed by atoms with Crippen molar-refractivity contribution >= 4 is 17.3 Å². The van der Waals surface area contributed by atoms with Crippen molar-refractivity contribution in [1.29, 1.82) is 0 Å². The smallest absolute Gasteiger partial charge is 0.0523 e. The lowest BCUT2D eigenvalue weighted by molar-refractivity contribution is 0.219. The molecule has 0 atom stereocenters. The molecule has 1 aromatic carbocycles. The van der Waals surface area contributed by atoms with Gasteiger partial charge >= 0.3 is 0 Å². The monoisotopic (exact) mass is 253 g/mol. The van der Waals surface area contributed by atoms with E-state index >= 15 is 0 Å². The molecule has 1 aromatic rings. The van der Waals surface area contributed by atoms with Crippen LogP contribution in [0.3, 0.4) is 0 Å². The first-order valence-electron chi connectivity index (χ1n) is 6.21. The van der Waals surface area contributed by atoms with E-state index in [2.05, 4.69) is 11.0 Å². The zero-order chi connectivity index (χ0) is 12.5. The highest BCUT2D eigenvalue weighted by Crippen LogP contribution is 2.38. The summed E-state index contributed by atoms with van der Waals surface area (Å²) in [6.07, 6.45) is 2.48. The number of halogens is 1. The Labute approximate surface area is 108 Å². The van der Waals surface area contributed by atoms with E-state index in [0.29, 0.717) is 0 Å². The van der Waals surface area contributed by atoms with E-state index in [1.165, 1.54) is 18.5 Å². The molecule has 1 aliphatic heterocycles. The molecule has 94 valence electrons. The van der Waals surface area contributed by atoms with Gasteiger partial charge in [0.2, 0.25) is 0 Å². The number of benzene rings is 1. The van der Waals surface area contributed by atoms with E-state index in [9.17, 15) is 5.11 Å². The Bertz CT molecular complexity index is 397. The van der Waals surface area contributed by atoms with E-state index in [1.807, 2.05) is 26.0 Å². The quantitative estimate of drug-likeness (QED) is 0.894. The highest BCUT2D eigenvalue weighted by Gasteiger charge is 2.28. The van der Waals surface area contributed by atoms with Crippen LogP contribution >= 0.6 is 11.6 Å². The van der Waals surface area contributed by atoms with Gasteiger partial charge in [-0.25, -0.2) is 0 Å². The van der Waals surface area contributed by atoms with E-state index < -0.39 is 0 Å². The second-order valence-electron chi connectivity index (χ2n) is 5.37. The molecule has 2 rings (SSSR count). The first-order chi connectivity index (χ1) is 8.06. The highest BCUT2D eigenvalue weighted by atomic mass is 35.5. The van der Waals surface area contributed by atoms with Crippen LogP contribution in [0.5, 0.6) is 0 Å². The molecule has 1 saturated heterocycles. The van der Waals surface area contributed by atoms with Crippen molar-refractivity contribution in [2.45, 2.75) is 32.1 Å². The Morgan fingerprint density at radius 1 is 1.29 bits per heavy atom. The summed E-state index contributed by atoms with van der Waals surface area (Å²) < 4.78 is 0. The lowest BCUT2D eigenvalue weighted by Crippen LogP contribution is -2.28. The molecule has 0 amide bonds. The van der Waals surface area contributed by atoms with Crippen LogP contribution in [0.15, 0.2) is 18.2 Å². The maximum atomic E-state index is 9.56. The molecular formula is C14H20ClNO. The summed E-state index contributed by atoms with van der Waals surface area (Å²) in [5.41, 5.74) is 1.97. The zero-order valence-electron chi connectivity index (χ0n) is 10.5. The minimum Gasteiger partial charge on any atom is -0.395 e. The average molecular weight is 254 g/mol. The normalized spacial score (nSPS) is 16.6. The number of anilines is 1. The first-order valence-corrected chi connectivity index (χ1v) is 6.59. The number of nitrogens with zero attached hydrogens (tertiary/aromatic N) is 1. The molecule has 0 unspecified atom stereocenters. The molecule has 0 bridgehead atoms. The van der Waals surface area contributed by atoms with Gasteiger partial charge in [-0.2, -0.15) is 0 Å². The Morgan fingerprint density at radius 3 is 2.53 bits per heavy atom. The summed E-state index contributed by atoms with van der Waals surface area (Å²) in [4.78, 5) is 2.37. The van der Waals surface area contributed by atoms with Crippen LogP contribution in [0.1, 0.15) is 32.3 Å². The third-order valence-corrected chi connectivity index (χ3v) is 3.83. The van der Waals surface area contributed by atoms with Crippen molar-refractivity contribution in [3.8, 4) is 0 Å². The summed E-state index contributed by atoms with van der Waals surface area (Å²) >= 11 is 6.33. The lowest BCUT2D eigenvalue weighted by atomic mass is 9.84. The van der Waals surface area contributed by atoms with Crippen LogP contribution in [0.4, 0.5) is 5.69 Å². The van der Waals surface area contributed by atoms with Gasteiger partial charge in [0.1, 0.15) is 0 Å². The molecular weight excluding hydrogens is 234 g/mol. The predicted molar refractivity (Wildman–Crippen MR) is 73.0 cm³/mol. The number of hydrogen-bond donors (Lipinski definition) is 1. The fraction of sp³-hybridized carbons (Fsp3) is 0.571. The van der Waals surface area contributed by atoms with Gasteiger partial charge in [-0.15, -0.1) is 0 Å². The molecule has 1 fully saturated rings. The van der Waals surface area contributed by atoms with Gasteiger partial charge in [0, 0.05) is 34.8 Å². The van der Waals surface area contributed by atoms with Crippen LogP contribution in [0.25, 0.3) is 0 Å². The number of aliphatic hydroxyl groups is 1. The van der Waals surface area contributed by atoms with Gasteiger partial charge in [-0.1, -0.05) is 31.5 Å². The Hall–Kier alpha value is -0.730. The van der Waals surface area contributed by atoms with Gasteiger partial charge in [-0.05, 0) is 25.0 Å². The molecule has 17 heavy (non-hydrogen) atoms. The second kappa shape index (κ2) is 4.87. The summed E-state index contributed by atoms with van der Waals surface area (Å²) in [5, 5.41) is 10.3. The minimum absolute atomic E-state index is 0.109. The molecule has 1 aliphatic rings. The standard InChI is InChI=1S/C14H20ClNO/c1-14(2,10-17)13-11(15)6-5-7-12(13)16-8-3-4-9-16/h5-7,17H,3-4,8-10H2,1-2H3. The molecule has 2 nitrogen and oxygen atoms in total. The number of hydrogen-bond acceptors (Lipinski definition) is 2. The fourth-order valence-corrected chi connectivity index (χ4v) is 2.91. The van der Waals surface area contributed by atoms with Crippen molar-refractivity contribution in [1.82, 2.24) is 0 Å². The second-order valence-corrected chi connectivity index (χ2v) is 5.78. The molecule has 1 heterocycles. The van der Waals surface area contributed by atoms with Crippen LogP contribution in [0, 0.1) is 0 Å². The van der Waals surface area contributed by atoms with E-state index in [0.717, 1.165) is 23.7 Å². The summed E-state index contributed by atoms with van der Waals surface area (Å²) in [6, 6.07) is 6.02. The highest BCUT2D eigenvalue weighted by molar-refractivity contribution is 6.31. The van der Waals surface area contributed by atoms with E-state index in [1.54, 1.807) is 0 Å². The molecule has 0 aliphatic carbocycles. The van der Waals surface area contributed by atoms with Crippen LogP contribution in [0.2, 0.25) is 5.02 Å². The maximum absolute atomic E-state index is 9.56. The molecule has 0 spiro atoms. The van der Waals surface area contributed by atoms with Gasteiger partial charge in [-0.3, -0.25) is 0 Å². The SMILES string of the molecule is CC(C)(CO)c1c(Cl)cccc1N1CCCC1. The van der Waals surface area contributed by atoms with Crippen LogP contribution in [-0.4, -0.2) is 24.8 Å². The third kappa shape index (κ3) is 2.43. The van der Waals surface area contributed by atoms with Crippen molar-refractivity contribution in [3.05, 3.63) is 28.8 Å². The topological polar surface area (TPSA) is 23.5 Å². The lowest BCUT2D eigenvalue weighted by Gasteiger charge is -2.30. The summed E-state index contributed by atoms with van der Waals surface area (Å²) in [5.74, 6) is 0. The van der Waals surface area contributed by atoms with Gasteiger partial charge in [0.05, 0.1) is 6.61 Å². The van der Waals surface area contributed by atoms with E-state index in [4.69, 9.17) is 11.6 Å². The minimum atomic E-state index is -0.295. The predicted octanol–water partition coefficient (Wildman–Crippen LogP) is 3.21. The van der Waals surface area contributed by atoms with Crippen molar-refractivity contribution < 1.29 is 5.11 Å². The summed E-state index contributed by atoms with van der Waals surface area (Å²) in [6.45, 7) is 6.36. The average Bonchev–Trinajstić information content (AvgIpc) is 2.81. The first kappa shape index (κ1) is 12.7. The van der Waals surface area contributed by atoms with E-state index in [-0.39, 0.29) is 12.0 Å². The maximum Gasteiger partial charge on any atom is 0.0523 e. The molecule has 0 saturated carbocycles. The van der Waals surface area contributed by atoms with Gasteiger partial charge < -0.3 is 10.0 Å². The van der Waals surface area contributed by atoms with Gasteiger partial charge in [0.15, 0.2) is 0 Å². The Kier molecular flexibility index (Phi) is 3.64. The molecule has 1 N–H and O–H groups in total.